The van der Waals surface area contributed by atoms with Gasteiger partial charge in [-0.3, -0.25) is 10.1 Å². The summed E-state index contributed by atoms with van der Waals surface area (Å²) in [5, 5.41) is 13.2. The number of hydrogen-bond acceptors (Lipinski definition) is 8. The fourth-order valence-corrected chi connectivity index (χ4v) is 5.64. The van der Waals surface area contributed by atoms with Crippen LogP contribution in [0.15, 0.2) is 110 Å². The highest BCUT2D eigenvalue weighted by molar-refractivity contribution is 5.95. The van der Waals surface area contributed by atoms with Gasteiger partial charge in [0.1, 0.15) is 11.3 Å². The molecular weight excluding hydrogens is 610 g/mol. The van der Waals surface area contributed by atoms with Crippen molar-refractivity contribution in [1.29, 1.82) is 0 Å². The summed E-state index contributed by atoms with van der Waals surface area (Å²) in [6.45, 7) is 0.475. The second-order valence-electron chi connectivity index (χ2n) is 10.7. The van der Waals surface area contributed by atoms with E-state index in [1.54, 1.807) is 53.0 Å². The van der Waals surface area contributed by atoms with Gasteiger partial charge in [0.2, 0.25) is 0 Å². The van der Waals surface area contributed by atoms with Crippen LogP contribution >= 0.6 is 0 Å². The molecule has 1 N–H and O–H groups in total. The molecule has 0 spiro atoms. The summed E-state index contributed by atoms with van der Waals surface area (Å²) in [5.74, 6) is 2.76. The van der Waals surface area contributed by atoms with Crippen LogP contribution in [0.5, 0.6) is 23.0 Å². The van der Waals surface area contributed by atoms with Crippen molar-refractivity contribution >= 4 is 27.8 Å². The van der Waals surface area contributed by atoms with Crippen molar-refractivity contribution in [3.05, 3.63) is 125 Å². The molecule has 0 bridgehead atoms. The highest BCUT2D eigenvalue weighted by Gasteiger charge is 2.15. The van der Waals surface area contributed by atoms with Crippen LogP contribution in [0.1, 0.15) is 5.56 Å². The van der Waals surface area contributed by atoms with Crippen LogP contribution < -0.4 is 18.9 Å². The van der Waals surface area contributed by atoms with Crippen molar-refractivity contribution < 1.29 is 23.9 Å². The molecule has 4 heterocycles. The van der Waals surface area contributed by atoms with Crippen LogP contribution in [0.4, 0.5) is 5.69 Å². The zero-order chi connectivity index (χ0) is 33.6. The number of ether oxygens (including phenoxy) is 4. The predicted molar refractivity (Wildman–Crippen MR) is 185 cm³/mol. The standard InChI is InChI=1S/C22H19N3O4.C15H14N2O2/c1-28-20-9-8-16(12-21(20)29-2)19-14-24(22-18(19)7-4-10-23-22)13-15-5-3-6-17(11-15)25(26)27;1-18-13-6-5-10(8-14(13)19-2)12-9-17-15-11(12)4-3-7-16-15/h3-12,14H,13H2,1-2H3;3-9H,1-2H3,(H,16,17). The quantitative estimate of drug-likeness (QED) is 0.124. The van der Waals surface area contributed by atoms with Gasteiger partial charge < -0.3 is 28.5 Å². The number of fused-ring (bicyclic) bond motifs is 2. The summed E-state index contributed by atoms with van der Waals surface area (Å²) in [4.78, 5) is 22.7. The number of pyridine rings is 2. The Morgan fingerprint density at radius 3 is 1.98 bits per heavy atom. The molecule has 0 amide bonds. The van der Waals surface area contributed by atoms with Gasteiger partial charge in [0.15, 0.2) is 23.0 Å². The highest BCUT2D eigenvalue weighted by atomic mass is 16.6. The number of methoxy groups -OCH3 is 4. The Bertz CT molecular complexity index is 2220. The SMILES string of the molecule is COc1ccc(-c2c[nH]c3ncccc23)cc1OC.COc1ccc(-c2cn(Cc3cccc([N+](=O)[O-])c3)c3ncccc23)cc1OC. The smallest absolute Gasteiger partial charge is 0.269 e. The number of nitrogens with one attached hydrogen (secondary N) is 1. The van der Waals surface area contributed by atoms with Gasteiger partial charge in [0, 0.05) is 65.4 Å². The molecule has 11 nitrogen and oxygen atoms in total. The zero-order valence-corrected chi connectivity index (χ0v) is 26.8. The first-order valence-corrected chi connectivity index (χ1v) is 15.0. The lowest BCUT2D eigenvalue weighted by atomic mass is 10.1. The average molecular weight is 644 g/mol. The zero-order valence-electron chi connectivity index (χ0n) is 26.8. The van der Waals surface area contributed by atoms with Crippen LogP contribution in [0.2, 0.25) is 0 Å². The Morgan fingerprint density at radius 2 is 1.33 bits per heavy atom. The molecule has 3 aromatic carbocycles. The summed E-state index contributed by atoms with van der Waals surface area (Å²) in [5.41, 5.74) is 6.74. The molecule has 0 aliphatic carbocycles. The van der Waals surface area contributed by atoms with Crippen LogP contribution in [0.3, 0.4) is 0 Å². The first-order valence-electron chi connectivity index (χ1n) is 15.0. The average Bonchev–Trinajstić information content (AvgIpc) is 3.73. The number of nitro groups is 1. The minimum absolute atomic E-state index is 0.0760. The van der Waals surface area contributed by atoms with Crippen molar-refractivity contribution in [2.24, 2.45) is 0 Å². The third-order valence-electron chi connectivity index (χ3n) is 7.95. The summed E-state index contributed by atoms with van der Waals surface area (Å²) in [6, 6.07) is 26.2. The van der Waals surface area contributed by atoms with Crippen LogP contribution in [0, 0.1) is 10.1 Å². The second-order valence-corrected chi connectivity index (χ2v) is 10.7. The van der Waals surface area contributed by atoms with Crippen LogP contribution in [-0.4, -0.2) is 52.9 Å². The van der Waals surface area contributed by atoms with Crippen molar-refractivity contribution in [3.8, 4) is 45.3 Å². The first-order chi connectivity index (χ1) is 23.4. The fourth-order valence-electron chi connectivity index (χ4n) is 5.64. The minimum Gasteiger partial charge on any atom is -0.493 e. The van der Waals surface area contributed by atoms with E-state index in [-0.39, 0.29) is 10.6 Å². The molecule has 0 aliphatic heterocycles. The third-order valence-corrected chi connectivity index (χ3v) is 7.95. The summed E-state index contributed by atoms with van der Waals surface area (Å²) in [6.07, 6.45) is 7.48. The molecule has 0 radical (unpaired) electrons. The lowest BCUT2D eigenvalue weighted by Gasteiger charge is -2.09. The molecule has 0 unspecified atom stereocenters. The number of aromatic amines is 1. The summed E-state index contributed by atoms with van der Waals surface area (Å²) < 4.78 is 23.4. The van der Waals surface area contributed by atoms with E-state index in [2.05, 4.69) is 15.0 Å². The Morgan fingerprint density at radius 1 is 0.708 bits per heavy atom. The molecule has 48 heavy (non-hydrogen) atoms. The van der Waals surface area contributed by atoms with E-state index in [0.717, 1.165) is 61.4 Å². The van der Waals surface area contributed by atoms with Gasteiger partial charge in [-0.25, -0.2) is 9.97 Å². The highest BCUT2D eigenvalue weighted by Crippen LogP contribution is 2.37. The van der Waals surface area contributed by atoms with Gasteiger partial charge in [-0.2, -0.15) is 0 Å². The maximum Gasteiger partial charge on any atom is 0.269 e. The molecule has 0 aliphatic rings. The molecule has 7 rings (SSSR count). The molecule has 242 valence electrons. The number of nitro benzene ring substituents is 1. The molecule has 0 fully saturated rings. The van der Waals surface area contributed by atoms with Crippen LogP contribution in [-0.2, 0) is 6.54 Å². The van der Waals surface area contributed by atoms with E-state index >= 15 is 0 Å². The largest absolute Gasteiger partial charge is 0.493 e. The van der Waals surface area contributed by atoms with E-state index in [0.29, 0.717) is 18.0 Å². The maximum absolute atomic E-state index is 11.1. The number of aromatic nitrogens is 4. The van der Waals surface area contributed by atoms with E-state index in [9.17, 15) is 10.1 Å². The first kappa shape index (κ1) is 31.6. The lowest BCUT2D eigenvalue weighted by molar-refractivity contribution is -0.384. The summed E-state index contributed by atoms with van der Waals surface area (Å²) >= 11 is 0. The molecular formula is C37H33N5O6. The van der Waals surface area contributed by atoms with Gasteiger partial charge in [-0.05, 0) is 65.2 Å². The van der Waals surface area contributed by atoms with Crippen LogP contribution in [0.25, 0.3) is 44.3 Å². The Kier molecular flexibility index (Phi) is 9.19. The van der Waals surface area contributed by atoms with Crippen molar-refractivity contribution in [3.63, 3.8) is 0 Å². The van der Waals surface area contributed by atoms with E-state index in [1.165, 1.54) is 6.07 Å². The van der Waals surface area contributed by atoms with Gasteiger partial charge in [-0.1, -0.05) is 24.3 Å². The van der Waals surface area contributed by atoms with Gasteiger partial charge >= 0.3 is 0 Å². The number of nitrogens with zero attached hydrogens (tertiary/aromatic N) is 4. The Balaban J connectivity index is 0.000000182. The van der Waals surface area contributed by atoms with E-state index < -0.39 is 0 Å². The lowest BCUT2D eigenvalue weighted by Crippen LogP contribution is -2.00. The fraction of sp³-hybridized carbons (Fsp3) is 0.135. The molecule has 0 atom stereocenters. The second kappa shape index (κ2) is 14.0. The molecule has 0 saturated heterocycles. The van der Waals surface area contributed by atoms with Crippen molar-refractivity contribution in [2.45, 2.75) is 6.54 Å². The van der Waals surface area contributed by atoms with Gasteiger partial charge in [-0.15, -0.1) is 0 Å². The molecule has 4 aromatic heterocycles. The van der Waals surface area contributed by atoms with Gasteiger partial charge in [0.05, 0.1) is 33.4 Å². The maximum atomic E-state index is 11.1. The Hall–Kier alpha value is -6.36. The Labute approximate surface area is 276 Å². The molecule has 11 heteroatoms. The predicted octanol–water partition coefficient (Wildman–Crippen LogP) is 7.92. The van der Waals surface area contributed by atoms with E-state index in [1.807, 2.05) is 83.7 Å². The minimum atomic E-state index is -0.384. The normalized spacial score (nSPS) is 10.8. The number of non-ortho nitro benzene ring substituents is 1. The number of hydrogen-bond donors (Lipinski definition) is 1. The topological polar surface area (TPSA) is 127 Å². The van der Waals surface area contributed by atoms with Gasteiger partial charge in [0.25, 0.3) is 5.69 Å². The van der Waals surface area contributed by atoms with Crippen molar-refractivity contribution in [1.82, 2.24) is 19.5 Å². The number of rotatable bonds is 9. The number of benzene rings is 3. The van der Waals surface area contributed by atoms with E-state index in [4.69, 9.17) is 18.9 Å². The monoisotopic (exact) mass is 643 g/mol. The van der Waals surface area contributed by atoms with Crippen molar-refractivity contribution in [2.75, 3.05) is 28.4 Å². The summed E-state index contributed by atoms with van der Waals surface area (Å²) in [7, 11) is 6.48. The number of H-pyrrole nitrogens is 1. The third kappa shape index (κ3) is 6.34. The molecule has 0 saturated carbocycles. The molecule has 7 aromatic rings.